The van der Waals surface area contributed by atoms with Crippen molar-refractivity contribution in [1.82, 2.24) is 4.90 Å². The van der Waals surface area contributed by atoms with Crippen LogP contribution in [0.2, 0.25) is 0 Å². The van der Waals surface area contributed by atoms with Crippen LogP contribution in [0.5, 0.6) is 0 Å². The van der Waals surface area contributed by atoms with Crippen LogP contribution in [0.3, 0.4) is 0 Å². The largest absolute Gasteiger partial charge is 0.390 e. The maximum Gasteiger partial charge on any atom is 0.145 e. The normalized spacial score (nSPS) is 17.3. The van der Waals surface area contributed by atoms with E-state index in [4.69, 9.17) is 9.57 Å². The van der Waals surface area contributed by atoms with Gasteiger partial charge in [0.2, 0.25) is 0 Å². The summed E-state index contributed by atoms with van der Waals surface area (Å²) in [6.45, 7) is 5.53. The zero-order chi connectivity index (χ0) is 21.5. The lowest BCUT2D eigenvalue weighted by Crippen LogP contribution is -2.39. The van der Waals surface area contributed by atoms with Gasteiger partial charge in [0.25, 0.3) is 0 Å². The molecule has 1 aliphatic heterocycles. The number of ether oxygens (including phenoxy) is 1. The third-order valence-corrected chi connectivity index (χ3v) is 4.78. The van der Waals surface area contributed by atoms with Crippen LogP contribution >= 0.6 is 0 Å². The van der Waals surface area contributed by atoms with Gasteiger partial charge in [-0.15, -0.1) is 0 Å². The van der Waals surface area contributed by atoms with E-state index in [-0.39, 0.29) is 30.4 Å². The molecule has 0 aliphatic carbocycles. The van der Waals surface area contributed by atoms with E-state index in [0.717, 1.165) is 16.8 Å². The smallest absolute Gasteiger partial charge is 0.145 e. The van der Waals surface area contributed by atoms with Crippen LogP contribution in [0.25, 0.3) is 0 Å². The Bertz CT molecular complexity index is 825. The van der Waals surface area contributed by atoms with E-state index < -0.39 is 6.10 Å². The Morgan fingerprint density at radius 2 is 1.73 bits per heavy atom. The number of halogens is 2. The monoisotopic (exact) mass is 418 g/mol. The number of rotatable bonds is 10. The first-order valence-electron chi connectivity index (χ1n) is 10.1. The fourth-order valence-electron chi connectivity index (χ4n) is 3.33. The zero-order valence-corrected chi connectivity index (χ0v) is 17.3. The molecule has 2 atom stereocenters. The standard InChI is InChI=1S/C23H28F2N2O3/c1-16(2)29-15-21(28)13-27(12-17-3-7-19(24)8-4-17)14-22-11-23(26-30-22)18-5-9-20(25)10-6-18/h3-10,16,21-22,28H,11-15H2,1-2H3. The first-order chi connectivity index (χ1) is 14.4. The molecule has 1 N–H and O–H groups in total. The molecule has 2 unspecified atom stereocenters. The Hall–Kier alpha value is -2.35. The molecule has 0 radical (unpaired) electrons. The van der Waals surface area contributed by atoms with Crippen molar-refractivity contribution in [3.63, 3.8) is 0 Å². The number of oxime groups is 1. The van der Waals surface area contributed by atoms with Crippen LogP contribution in [0.1, 0.15) is 31.4 Å². The molecule has 30 heavy (non-hydrogen) atoms. The first kappa shape index (κ1) is 22.3. The second-order valence-electron chi connectivity index (χ2n) is 7.83. The van der Waals surface area contributed by atoms with Crippen molar-refractivity contribution in [3.8, 4) is 0 Å². The number of hydrogen-bond acceptors (Lipinski definition) is 5. The zero-order valence-electron chi connectivity index (χ0n) is 17.3. The van der Waals surface area contributed by atoms with E-state index in [1.807, 2.05) is 13.8 Å². The number of nitrogens with zero attached hydrogens (tertiary/aromatic N) is 2. The highest BCUT2D eigenvalue weighted by Crippen LogP contribution is 2.19. The van der Waals surface area contributed by atoms with Gasteiger partial charge in [-0.25, -0.2) is 8.78 Å². The third kappa shape index (κ3) is 6.86. The number of aliphatic hydroxyl groups is 1. The molecule has 0 fully saturated rings. The fraction of sp³-hybridized carbons (Fsp3) is 0.435. The molecule has 2 aromatic rings. The topological polar surface area (TPSA) is 54.3 Å². The second kappa shape index (κ2) is 10.6. The minimum atomic E-state index is -0.660. The molecule has 3 rings (SSSR count). The van der Waals surface area contributed by atoms with Gasteiger partial charge in [-0.2, -0.15) is 0 Å². The van der Waals surface area contributed by atoms with Crippen molar-refractivity contribution in [2.24, 2.45) is 5.16 Å². The summed E-state index contributed by atoms with van der Waals surface area (Å²) in [4.78, 5) is 7.65. The van der Waals surface area contributed by atoms with Gasteiger partial charge in [0.15, 0.2) is 0 Å². The minimum absolute atomic E-state index is 0.0371. The Balaban J connectivity index is 1.61. The van der Waals surface area contributed by atoms with E-state index in [1.54, 1.807) is 24.3 Å². The van der Waals surface area contributed by atoms with Gasteiger partial charge in [0.1, 0.15) is 17.7 Å². The van der Waals surface area contributed by atoms with Crippen molar-refractivity contribution < 1.29 is 23.5 Å². The highest BCUT2D eigenvalue weighted by Gasteiger charge is 2.26. The summed E-state index contributed by atoms with van der Waals surface area (Å²) in [7, 11) is 0. The molecular formula is C23H28F2N2O3. The number of hydrogen-bond donors (Lipinski definition) is 1. The average molecular weight is 418 g/mol. The highest BCUT2D eigenvalue weighted by molar-refractivity contribution is 6.01. The molecule has 0 saturated carbocycles. The number of aliphatic hydroxyl groups excluding tert-OH is 1. The first-order valence-corrected chi connectivity index (χ1v) is 10.1. The molecule has 1 heterocycles. The van der Waals surface area contributed by atoms with Crippen LogP contribution in [0.4, 0.5) is 8.78 Å². The van der Waals surface area contributed by atoms with Crippen molar-refractivity contribution in [3.05, 3.63) is 71.3 Å². The van der Waals surface area contributed by atoms with Crippen LogP contribution in [0, 0.1) is 11.6 Å². The molecule has 0 amide bonds. The Labute approximate surface area is 175 Å². The summed E-state index contributed by atoms with van der Waals surface area (Å²) in [6, 6.07) is 12.5. The molecule has 0 spiro atoms. The summed E-state index contributed by atoms with van der Waals surface area (Å²) in [5, 5.41) is 14.5. The summed E-state index contributed by atoms with van der Waals surface area (Å²) < 4.78 is 31.9. The predicted molar refractivity (Wildman–Crippen MR) is 111 cm³/mol. The molecule has 0 saturated heterocycles. The summed E-state index contributed by atoms with van der Waals surface area (Å²) in [6.07, 6.45) is -0.227. The Kier molecular flexibility index (Phi) is 7.90. The van der Waals surface area contributed by atoms with Crippen LogP contribution < -0.4 is 0 Å². The van der Waals surface area contributed by atoms with Gasteiger partial charge in [-0.05, 0) is 49.2 Å². The van der Waals surface area contributed by atoms with Gasteiger partial charge in [0, 0.05) is 26.1 Å². The lowest BCUT2D eigenvalue weighted by atomic mass is 10.0. The Morgan fingerprint density at radius 3 is 2.37 bits per heavy atom. The Morgan fingerprint density at radius 1 is 1.10 bits per heavy atom. The summed E-state index contributed by atoms with van der Waals surface area (Å²) in [5.74, 6) is -0.579. The van der Waals surface area contributed by atoms with E-state index in [0.29, 0.717) is 26.1 Å². The fourth-order valence-corrected chi connectivity index (χ4v) is 3.33. The van der Waals surface area contributed by atoms with Gasteiger partial charge in [-0.3, -0.25) is 4.90 Å². The average Bonchev–Trinajstić information content (AvgIpc) is 3.17. The van der Waals surface area contributed by atoms with E-state index >= 15 is 0 Å². The van der Waals surface area contributed by atoms with Crippen LogP contribution in [-0.2, 0) is 16.1 Å². The SMILES string of the molecule is CC(C)OCC(O)CN(Cc1ccc(F)cc1)CC1CC(c2ccc(F)cc2)=NO1. The van der Waals surface area contributed by atoms with E-state index in [9.17, 15) is 13.9 Å². The quantitative estimate of drug-likeness (QED) is 0.639. The van der Waals surface area contributed by atoms with Crippen molar-refractivity contribution in [1.29, 1.82) is 0 Å². The minimum Gasteiger partial charge on any atom is -0.390 e. The van der Waals surface area contributed by atoms with Gasteiger partial charge >= 0.3 is 0 Å². The maximum absolute atomic E-state index is 13.2. The van der Waals surface area contributed by atoms with E-state index in [2.05, 4.69) is 10.1 Å². The predicted octanol–water partition coefficient (Wildman–Crippen LogP) is 3.75. The van der Waals surface area contributed by atoms with Crippen LogP contribution in [0.15, 0.2) is 53.7 Å². The lowest BCUT2D eigenvalue weighted by molar-refractivity contribution is -0.0194. The van der Waals surface area contributed by atoms with Crippen molar-refractivity contribution >= 4 is 5.71 Å². The lowest BCUT2D eigenvalue weighted by Gasteiger charge is -2.27. The highest BCUT2D eigenvalue weighted by atomic mass is 19.1. The van der Waals surface area contributed by atoms with Crippen molar-refractivity contribution in [2.45, 2.75) is 45.1 Å². The van der Waals surface area contributed by atoms with Crippen molar-refractivity contribution in [2.75, 3.05) is 19.7 Å². The molecule has 0 aromatic heterocycles. The summed E-state index contributed by atoms with van der Waals surface area (Å²) >= 11 is 0. The molecule has 7 heteroatoms. The molecule has 162 valence electrons. The molecule has 1 aliphatic rings. The molecular weight excluding hydrogens is 390 g/mol. The van der Waals surface area contributed by atoms with Gasteiger partial charge in [-0.1, -0.05) is 29.4 Å². The number of benzene rings is 2. The van der Waals surface area contributed by atoms with E-state index in [1.165, 1.54) is 24.3 Å². The second-order valence-corrected chi connectivity index (χ2v) is 7.83. The molecule has 5 nitrogen and oxygen atoms in total. The van der Waals surface area contributed by atoms with Crippen LogP contribution in [-0.4, -0.2) is 53.7 Å². The van der Waals surface area contributed by atoms with Gasteiger partial charge < -0.3 is 14.7 Å². The molecule has 2 aromatic carbocycles. The molecule has 0 bridgehead atoms. The maximum atomic E-state index is 13.2. The third-order valence-electron chi connectivity index (χ3n) is 4.78. The van der Waals surface area contributed by atoms with Gasteiger partial charge in [0.05, 0.1) is 24.5 Å². The summed E-state index contributed by atoms with van der Waals surface area (Å²) in [5.41, 5.74) is 2.53.